The first-order valence-corrected chi connectivity index (χ1v) is 13.1. The highest BCUT2D eigenvalue weighted by atomic mass is 16.5. The van der Waals surface area contributed by atoms with Crippen LogP contribution < -0.4 is 9.64 Å². The molecule has 0 aromatic heterocycles. The summed E-state index contributed by atoms with van der Waals surface area (Å²) in [5.41, 5.74) is 6.49. The van der Waals surface area contributed by atoms with Crippen LogP contribution in [0.1, 0.15) is 33.5 Å². The Morgan fingerprint density at radius 3 is 2.33 bits per heavy atom. The van der Waals surface area contributed by atoms with Gasteiger partial charge in [0.2, 0.25) is 11.8 Å². The quantitative estimate of drug-likeness (QED) is 0.366. The van der Waals surface area contributed by atoms with E-state index in [1.54, 1.807) is 19.2 Å². The molecule has 2 heterocycles. The lowest BCUT2D eigenvalue weighted by molar-refractivity contribution is -0.123. The van der Waals surface area contributed by atoms with Crippen molar-refractivity contribution in [3.8, 4) is 5.75 Å². The summed E-state index contributed by atoms with van der Waals surface area (Å²) in [4.78, 5) is 43.1. The third-order valence-electron chi connectivity index (χ3n) is 8.31. The van der Waals surface area contributed by atoms with Crippen LogP contribution in [-0.2, 0) is 20.7 Å². The number of hydrogen-bond donors (Lipinski definition) is 0. The zero-order chi connectivity index (χ0) is 27.3. The van der Waals surface area contributed by atoms with E-state index in [0.29, 0.717) is 17.8 Å². The van der Waals surface area contributed by atoms with Gasteiger partial charge in [-0.15, -0.1) is 0 Å². The van der Waals surface area contributed by atoms with E-state index < -0.39 is 5.92 Å². The number of imide groups is 1. The van der Waals surface area contributed by atoms with Crippen LogP contribution in [0.5, 0.6) is 5.75 Å². The average Bonchev–Trinajstić information content (AvgIpc) is 3.44. The zero-order valence-corrected chi connectivity index (χ0v) is 22.2. The van der Waals surface area contributed by atoms with E-state index in [9.17, 15) is 14.4 Å². The van der Waals surface area contributed by atoms with Gasteiger partial charge in [0.1, 0.15) is 5.75 Å². The Kier molecular flexibility index (Phi) is 6.31. The van der Waals surface area contributed by atoms with E-state index in [4.69, 9.17) is 9.47 Å². The normalized spacial score (nSPS) is 22.6. The van der Waals surface area contributed by atoms with Crippen molar-refractivity contribution in [3.05, 3.63) is 101 Å². The summed E-state index contributed by atoms with van der Waals surface area (Å²) in [6.45, 7) is 0.525. The van der Waals surface area contributed by atoms with Gasteiger partial charge >= 0.3 is 5.97 Å². The fraction of sp³-hybridized carbons (Fsp3) is 0.281. The van der Waals surface area contributed by atoms with Crippen LogP contribution in [0, 0.1) is 11.8 Å². The molecule has 7 heteroatoms. The summed E-state index contributed by atoms with van der Waals surface area (Å²) in [6, 6.07) is 22.5. The van der Waals surface area contributed by atoms with Gasteiger partial charge in [-0.2, -0.15) is 0 Å². The van der Waals surface area contributed by atoms with Crippen LogP contribution in [-0.4, -0.2) is 56.5 Å². The largest absolute Gasteiger partial charge is 0.497 e. The molecule has 2 saturated heterocycles. The maximum absolute atomic E-state index is 13.9. The van der Waals surface area contributed by atoms with E-state index in [-0.39, 0.29) is 29.7 Å². The first-order valence-electron chi connectivity index (χ1n) is 13.1. The molecule has 0 saturated carbocycles. The number of carbonyl (C=O) groups excluding carboxylic acids is 3. The molecule has 3 aliphatic rings. The Balaban J connectivity index is 1.49. The van der Waals surface area contributed by atoms with Gasteiger partial charge in [-0.1, -0.05) is 36.4 Å². The Morgan fingerprint density at radius 2 is 1.64 bits per heavy atom. The second-order valence-corrected chi connectivity index (χ2v) is 10.4. The molecule has 198 valence electrons. The number of benzene rings is 3. The number of likely N-dealkylation sites (N-methyl/N-ethyl adjacent to an activating group) is 1. The number of likely N-dealkylation sites (tertiary alicyclic amines) is 1. The minimum absolute atomic E-state index is 0.129. The molecule has 0 spiro atoms. The first-order chi connectivity index (χ1) is 18.9. The summed E-state index contributed by atoms with van der Waals surface area (Å²) < 4.78 is 10.4. The standard InChI is InChI=1S/C32H30N2O5/c1-33-18-26-28(31(36)34(30(26)35)22-7-5-4-6-8-22)29(33)25-15-13-21-17-23(38-2)14-16-24(21)27(25)19-9-11-20(12-10-19)32(37)39-3/h4-12,14,16-17,26,28-29H,13,15,18H2,1-3H3/t26-,28-,29+/m1/s1. The highest BCUT2D eigenvalue weighted by molar-refractivity contribution is 6.22. The molecular formula is C32H30N2O5. The highest BCUT2D eigenvalue weighted by Crippen LogP contribution is 2.47. The van der Waals surface area contributed by atoms with E-state index in [0.717, 1.165) is 40.9 Å². The molecule has 1 aliphatic carbocycles. The van der Waals surface area contributed by atoms with Crippen LogP contribution in [0.25, 0.3) is 5.57 Å². The van der Waals surface area contributed by atoms with Gasteiger partial charge in [-0.3, -0.25) is 14.5 Å². The van der Waals surface area contributed by atoms with Gasteiger partial charge < -0.3 is 9.47 Å². The Labute approximate surface area is 227 Å². The number of anilines is 1. The molecule has 3 atom stereocenters. The maximum atomic E-state index is 13.9. The van der Waals surface area contributed by atoms with Crippen LogP contribution in [0.4, 0.5) is 5.69 Å². The predicted octanol–water partition coefficient (Wildman–Crippen LogP) is 4.35. The summed E-state index contributed by atoms with van der Waals surface area (Å²) >= 11 is 0. The molecule has 0 unspecified atom stereocenters. The molecule has 0 radical (unpaired) electrons. The lowest BCUT2D eigenvalue weighted by atomic mass is 9.76. The fourth-order valence-corrected chi connectivity index (χ4v) is 6.55. The number of rotatable bonds is 5. The van der Waals surface area contributed by atoms with Crippen LogP contribution in [0.2, 0.25) is 0 Å². The molecule has 0 bridgehead atoms. The maximum Gasteiger partial charge on any atom is 0.337 e. The van der Waals surface area contributed by atoms with Gasteiger partial charge in [-0.05, 0) is 84.1 Å². The monoisotopic (exact) mass is 522 g/mol. The second kappa shape index (κ2) is 9.82. The van der Waals surface area contributed by atoms with Crippen molar-refractivity contribution in [2.75, 3.05) is 32.7 Å². The number of esters is 1. The SMILES string of the molecule is COC(=O)c1ccc(C2=C([C@H]3[C@@H]4C(=O)N(c5ccccc5)C(=O)[C@@H]4CN3C)CCc3cc(OC)ccc32)cc1. The predicted molar refractivity (Wildman–Crippen MR) is 147 cm³/mol. The Bertz CT molecular complexity index is 1490. The van der Waals surface area contributed by atoms with Crippen LogP contribution in [0.3, 0.4) is 0 Å². The third-order valence-corrected chi connectivity index (χ3v) is 8.31. The lowest BCUT2D eigenvalue weighted by Gasteiger charge is -2.33. The van der Waals surface area contributed by atoms with Gasteiger partial charge in [0.15, 0.2) is 0 Å². The molecule has 2 fully saturated rings. The summed E-state index contributed by atoms with van der Waals surface area (Å²) in [5.74, 6) is -0.706. The molecule has 39 heavy (non-hydrogen) atoms. The highest BCUT2D eigenvalue weighted by Gasteiger charge is 2.58. The topological polar surface area (TPSA) is 76.2 Å². The number of para-hydroxylation sites is 1. The number of aryl methyl sites for hydroxylation is 1. The minimum atomic E-state index is -0.457. The van der Waals surface area contributed by atoms with E-state index in [1.807, 2.05) is 55.6 Å². The van der Waals surface area contributed by atoms with Crippen molar-refractivity contribution >= 4 is 29.0 Å². The number of methoxy groups -OCH3 is 2. The van der Waals surface area contributed by atoms with Crippen molar-refractivity contribution in [2.24, 2.45) is 11.8 Å². The molecule has 6 rings (SSSR count). The smallest absolute Gasteiger partial charge is 0.337 e. The number of hydrogen-bond acceptors (Lipinski definition) is 6. The van der Waals surface area contributed by atoms with Crippen molar-refractivity contribution in [3.63, 3.8) is 0 Å². The van der Waals surface area contributed by atoms with Crippen molar-refractivity contribution < 1.29 is 23.9 Å². The van der Waals surface area contributed by atoms with Gasteiger partial charge in [0.05, 0.1) is 37.3 Å². The number of carbonyl (C=O) groups is 3. The lowest BCUT2D eigenvalue weighted by Crippen LogP contribution is -2.41. The molecular weight excluding hydrogens is 492 g/mol. The Hall–Kier alpha value is -4.23. The van der Waals surface area contributed by atoms with Gasteiger partial charge in [0, 0.05) is 12.6 Å². The summed E-state index contributed by atoms with van der Waals surface area (Å²) in [7, 11) is 5.03. The van der Waals surface area contributed by atoms with E-state index in [1.165, 1.54) is 17.6 Å². The van der Waals surface area contributed by atoms with E-state index in [2.05, 4.69) is 17.0 Å². The molecule has 2 amide bonds. The number of ether oxygens (including phenoxy) is 2. The average molecular weight is 523 g/mol. The summed E-state index contributed by atoms with van der Waals surface area (Å²) in [6.07, 6.45) is 1.55. The number of amides is 2. The molecule has 7 nitrogen and oxygen atoms in total. The zero-order valence-electron chi connectivity index (χ0n) is 22.2. The molecule has 3 aromatic rings. The third kappa shape index (κ3) is 4.05. The fourth-order valence-electron chi connectivity index (χ4n) is 6.55. The number of nitrogens with zero attached hydrogens (tertiary/aromatic N) is 2. The molecule has 3 aromatic carbocycles. The van der Waals surface area contributed by atoms with Gasteiger partial charge in [0.25, 0.3) is 0 Å². The van der Waals surface area contributed by atoms with E-state index >= 15 is 0 Å². The van der Waals surface area contributed by atoms with Crippen molar-refractivity contribution in [2.45, 2.75) is 18.9 Å². The van der Waals surface area contributed by atoms with Crippen LogP contribution >= 0.6 is 0 Å². The number of fused-ring (bicyclic) bond motifs is 2. The van der Waals surface area contributed by atoms with Crippen molar-refractivity contribution in [1.82, 2.24) is 4.90 Å². The minimum Gasteiger partial charge on any atom is -0.497 e. The summed E-state index contributed by atoms with van der Waals surface area (Å²) in [5, 5.41) is 0. The van der Waals surface area contributed by atoms with Crippen molar-refractivity contribution in [1.29, 1.82) is 0 Å². The molecule has 2 aliphatic heterocycles. The Morgan fingerprint density at radius 1 is 0.897 bits per heavy atom. The molecule has 0 N–H and O–H groups in total. The first kappa shape index (κ1) is 25.1. The van der Waals surface area contributed by atoms with Crippen LogP contribution in [0.15, 0.2) is 78.4 Å². The van der Waals surface area contributed by atoms with Gasteiger partial charge in [-0.25, -0.2) is 9.69 Å². The second-order valence-electron chi connectivity index (χ2n) is 10.4.